The molecule has 1 aliphatic heterocycles. The lowest BCUT2D eigenvalue weighted by Crippen LogP contribution is -2.48. The molecular formula is C16H15BrFN3. The molecule has 21 heavy (non-hydrogen) atoms. The first-order valence-corrected chi connectivity index (χ1v) is 7.42. The van der Waals surface area contributed by atoms with Gasteiger partial charge in [-0.2, -0.15) is 0 Å². The Hall–Kier alpha value is -1.88. The number of halogens is 2. The van der Waals surface area contributed by atoms with Gasteiger partial charge >= 0.3 is 0 Å². The second-order valence-electron chi connectivity index (χ2n) is 5.24. The van der Waals surface area contributed by atoms with Crippen molar-refractivity contribution in [1.82, 2.24) is 0 Å². The predicted molar refractivity (Wildman–Crippen MR) is 86.9 cm³/mol. The first-order valence-electron chi connectivity index (χ1n) is 6.63. The monoisotopic (exact) mass is 347 g/mol. The van der Waals surface area contributed by atoms with E-state index in [4.69, 9.17) is 5.73 Å². The number of nitrogens with two attached hydrogens (primary N) is 1. The largest absolute Gasteiger partial charge is 0.369 e. The second-order valence-corrected chi connectivity index (χ2v) is 6.16. The summed E-state index contributed by atoms with van der Waals surface area (Å²) in [6.45, 7) is 2.38. The van der Waals surface area contributed by atoms with E-state index in [-0.39, 0.29) is 5.82 Å². The van der Waals surface area contributed by atoms with Crippen molar-refractivity contribution in [3.05, 3.63) is 64.4 Å². The lowest BCUT2D eigenvalue weighted by Gasteiger charge is -2.36. The molecule has 2 N–H and O–H groups in total. The van der Waals surface area contributed by atoms with Crippen LogP contribution in [-0.2, 0) is 5.54 Å². The Morgan fingerprint density at radius 1 is 1.24 bits per heavy atom. The third-order valence-electron chi connectivity index (χ3n) is 3.79. The Labute approximate surface area is 131 Å². The van der Waals surface area contributed by atoms with Crippen molar-refractivity contribution in [2.24, 2.45) is 10.7 Å². The summed E-state index contributed by atoms with van der Waals surface area (Å²) in [5, 5.41) is 0. The summed E-state index contributed by atoms with van der Waals surface area (Å²) in [4.78, 5) is 6.22. The van der Waals surface area contributed by atoms with Gasteiger partial charge in [-0.1, -0.05) is 40.2 Å². The minimum absolute atomic E-state index is 0.245. The van der Waals surface area contributed by atoms with Crippen LogP contribution in [0.1, 0.15) is 12.5 Å². The third kappa shape index (κ3) is 2.31. The van der Waals surface area contributed by atoms with Crippen LogP contribution in [0.4, 0.5) is 10.1 Å². The van der Waals surface area contributed by atoms with E-state index in [9.17, 15) is 4.39 Å². The molecule has 0 amide bonds. The maximum absolute atomic E-state index is 14.3. The Bertz CT molecular complexity index is 716. The van der Waals surface area contributed by atoms with Gasteiger partial charge in [-0.05, 0) is 31.2 Å². The van der Waals surface area contributed by atoms with E-state index in [1.807, 2.05) is 42.2 Å². The third-order valence-corrected chi connectivity index (χ3v) is 4.29. The molecule has 3 nitrogen and oxygen atoms in total. The number of hydrogen-bond donors (Lipinski definition) is 1. The SMILES string of the molecule is CC1(c2ccccc2F)CN=C(N)N1c1cccc(Br)c1. The van der Waals surface area contributed by atoms with E-state index >= 15 is 0 Å². The van der Waals surface area contributed by atoms with Crippen molar-refractivity contribution in [3.63, 3.8) is 0 Å². The van der Waals surface area contributed by atoms with Crippen LogP contribution in [-0.4, -0.2) is 12.5 Å². The van der Waals surface area contributed by atoms with E-state index in [0.29, 0.717) is 18.1 Å². The zero-order valence-corrected chi connectivity index (χ0v) is 13.1. The van der Waals surface area contributed by atoms with Gasteiger partial charge in [0.1, 0.15) is 5.82 Å². The molecule has 0 fully saturated rings. The van der Waals surface area contributed by atoms with Gasteiger partial charge in [0.25, 0.3) is 0 Å². The summed E-state index contributed by atoms with van der Waals surface area (Å²) in [7, 11) is 0. The van der Waals surface area contributed by atoms with E-state index < -0.39 is 5.54 Å². The minimum atomic E-state index is -0.629. The first kappa shape index (κ1) is 14.1. The van der Waals surface area contributed by atoms with E-state index in [0.717, 1.165) is 10.2 Å². The number of rotatable bonds is 2. The van der Waals surface area contributed by atoms with Crippen LogP contribution in [0.15, 0.2) is 58.0 Å². The van der Waals surface area contributed by atoms with E-state index in [1.165, 1.54) is 6.07 Å². The molecule has 0 spiro atoms. The lowest BCUT2D eigenvalue weighted by atomic mass is 9.90. The van der Waals surface area contributed by atoms with Crippen molar-refractivity contribution in [2.75, 3.05) is 11.4 Å². The predicted octanol–water partition coefficient (Wildman–Crippen LogP) is 3.64. The fraction of sp³-hybridized carbons (Fsp3) is 0.188. The smallest absolute Gasteiger partial charge is 0.196 e. The van der Waals surface area contributed by atoms with Gasteiger partial charge in [0.2, 0.25) is 0 Å². The van der Waals surface area contributed by atoms with Crippen molar-refractivity contribution in [1.29, 1.82) is 0 Å². The summed E-state index contributed by atoms with van der Waals surface area (Å²) >= 11 is 3.46. The van der Waals surface area contributed by atoms with Crippen LogP contribution in [0.2, 0.25) is 0 Å². The molecule has 0 aromatic heterocycles. The molecule has 3 rings (SSSR count). The zero-order chi connectivity index (χ0) is 15.0. The Morgan fingerprint density at radius 3 is 2.71 bits per heavy atom. The number of benzene rings is 2. The van der Waals surface area contributed by atoms with Crippen LogP contribution in [0.3, 0.4) is 0 Å². The molecule has 2 aromatic carbocycles. The summed E-state index contributed by atoms with van der Waals surface area (Å²) in [6, 6.07) is 14.5. The molecule has 0 saturated heterocycles. The van der Waals surface area contributed by atoms with Gasteiger partial charge in [0.05, 0.1) is 12.1 Å². The number of aliphatic imine (C=N–C) groups is 1. The molecule has 0 saturated carbocycles. The van der Waals surface area contributed by atoms with Gasteiger partial charge in [-0.25, -0.2) is 4.39 Å². The van der Waals surface area contributed by atoms with Crippen LogP contribution in [0, 0.1) is 5.82 Å². The summed E-state index contributed by atoms with van der Waals surface area (Å²) < 4.78 is 15.2. The zero-order valence-electron chi connectivity index (χ0n) is 11.6. The molecular weight excluding hydrogens is 333 g/mol. The van der Waals surface area contributed by atoms with Gasteiger partial charge in [-0.15, -0.1) is 0 Å². The maximum atomic E-state index is 14.3. The Balaban J connectivity index is 2.13. The molecule has 0 bridgehead atoms. The molecule has 1 unspecified atom stereocenters. The molecule has 1 atom stereocenters. The molecule has 2 aromatic rings. The number of hydrogen-bond acceptors (Lipinski definition) is 3. The number of anilines is 1. The summed E-state index contributed by atoms with van der Waals surface area (Å²) in [5.41, 5.74) is 6.91. The first-order chi connectivity index (χ1) is 10.0. The Kier molecular flexibility index (Phi) is 3.45. The molecule has 108 valence electrons. The number of guanidine groups is 1. The minimum Gasteiger partial charge on any atom is -0.369 e. The van der Waals surface area contributed by atoms with Crippen molar-refractivity contribution in [3.8, 4) is 0 Å². The fourth-order valence-corrected chi connectivity index (χ4v) is 3.15. The quantitative estimate of drug-likeness (QED) is 0.900. The molecule has 0 aliphatic carbocycles. The van der Waals surface area contributed by atoms with Gasteiger partial charge < -0.3 is 10.6 Å². The van der Waals surface area contributed by atoms with Crippen molar-refractivity contribution >= 4 is 27.6 Å². The average molecular weight is 348 g/mol. The molecule has 0 radical (unpaired) electrons. The van der Waals surface area contributed by atoms with E-state index in [1.54, 1.807) is 12.1 Å². The molecule has 5 heteroatoms. The highest BCUT2D eigenvalue weighted by Crippen LogP contribution is 2.38. The van der Waals surface area contributed by atoms with Gasteiger partial charge in [0, 0.05) is 15.7 Å². The Morgan fingerprint density at radius 2 is 2.00 bits per heavy atom. The molecule has 1 heterocycles. The maximum Gasteiger partial charge on any atom is 0.196 e. The lowest BCUT2D eigenvalue weighted by molar-refractivity contribution is 0.488. The van der Waals surface area contributed by atoms with Crippen LogP contribution in [0.5, 0.6) is 0 Å². The van der Waals surface area contributed by atoms with Gasteiger partial charge in [0.15, 0.2) is 5.96 Å². The van der Waals surface area contributed by atoms with Gasteiger partial charge in [-0.3, -0.25) is 4.99 Å². The fourth-order valence-electron chi connectivity index (χ4n) is 2.77. The van der Waals surface area contributed by atoms with Crippen LogP contribution < -0.4 is 10.6 Å². The highest BCUT2D eigenvalue weighted by molar-refractivity contribution is 9.10. The highest BCUT2D eigenvalue weighted by Gasteiger charge is 2.42. The summed E-state index contributed by atoms with van der Waals surface area (Å²) in [5.74, 6) is 0.156. The highest BCUT2D eigenvalue weighted by atomic mass is 79.9. The average Bonchev–Trinajstić information content (AvgIpc) is 2.76. The number of nitrogens with zero attached hydrogens (tertiary/aromatic N) is 2. The van der Waals surface area contributed by atoms with Crippen molar-refractivity contribution in [2.45, 2.75) is 12.5 Å². The summed E-state index contributed by atoms with van der Waals surface area (Å²) in [6.07, 6.45) is 0. The molecule has 1 aliphatic rings. The standard InChI is InChI=1S/C16H15BrFN3/c1-16(13-7-2-3-8-14(13)18)10-20-15(19)21(16)12-6-4-5-11(17)9-12/h2-9H,10H2,1H3,(H2,19,20). The second kappa shape index (κ2) is 5.15. The topological polar surface area (TPSA) is 41.6 Å². The van der Waals surface area contributed by atoms with Crippen molar-refractivity contribution < 1.29 is 4.39 Å². The van der Waals surface area contributed by atoms with E-state index in [2.05, 4.69) is 20.9 Å². The normalized spacial score (nSPS) is 21.5. The van der Waals surface area contributed by atoms with Crippen LogP contribution in [0.25, 0.3) is 0 Å². The van der Waals surface area contributed by atoms with Crippen LogP contribution >= 0.6 is 15.9 Å².